The number of amides is 1. The summed E-state index contributed by atoms with van der Waals surface area (Å²) in [6.45, 7) is 4.54. The SMILES string of the molecule is CCCOc1cccc(C(=O)NC(CC)CO)c1. The van der Waals surface area contributed by atoms with Gasteiger partial charge < -0.3 is 15.2 Å². The number of aliphatic hydroxyl groups excluding tert-OH is 1. The third-order valence-corrected chi connectivity index (χ3v) is 2.62. The van der Waals surface area contributed by atoms with Crippen molar-refractivity contribution in [3.05, 3.63) is 29.8 Å². The van der Waals surface area contributed by atoms with Gasteiger partial charge in [0, 0.05) is 5.56 Å². The summed E-state index contributed by atoms with van der Waals surface area (Å²) in [5.41, 5.74) is 0.551. The topological polar surface area (TPSA) is 58.6 Å². The number of hydrogen-bond acceptors (Lipinski definition) is 3. The van der Waals surface area contributed by atoms with Crippen LogP contribution in [0.4, 0.5) is 0 Å². The van der Waals surface area contributed by atoms with Crippen molar-refractivity contribution in [2.75, 3.05) is 13.2 Å². The summed E-state index contributed by atoms with van der Waals surface area (Å²) in [6.07, 6.45) is 1.63. The van der Waals surface area contributed by atoms with Gasteiger partial charge in [-0.2, -0.15) is 0 Å². The average molecular weight is 251 g/mol. The summed E-state index contributed by atoms with van der Waals surface area (Å²) in [5, 5.41) is 11.8. The van der Waals surface area contributed by atoms with E-state index in [1.165, 1.54) is 0 Å². The van der Waals surface area contributed by atoms with Gasteiger partial charge in [0.2, 0.25) is 0 Å². The molecule has 1 atom stereocenters. The van der Waals surface area contributed by atoms with Gasteiger partial charge in [-0.1, -0.05) is 19.9 Å². The number of ether oxygens (including phenoxy) is 1. The van der Waals surface area contributed by atoms with Crippen molar-refractivity contribution in [1.29, 1.82) is 0 Å². The van der Waals surface area contributed by atoms with E-state index in [2.05, 4.69) is 5.32 Å². The lowest BCUT2D eigenvalue weighted by atomic mass is 10.1. The molecule has 1 aromatic carbocycles. The van der Waals surface area contributed by atoms with Gasteiger partial charge >= 0.3 is 0 Å². The molecule has 0 aromatic heterocycles. The van der Waals surface area contributed by atoms with Crippen molar-refractivity contribution < 1.29 is 14.6 Å². The first-order chi connectivity index (χ1) is 8.71. The zero-order chi connectivity index (χ0) is 13.4. The Morgan fingerprint density at radius 1 is 1.44 bits per heavy atom. The van der Waals surface area contributed by atoms with Crippen LogP contribution in [0.5, 0.6) is 5.75 Å². The predicted molar refractivity (Wildman–Crippen MR) is 70.9 cm³/mol. The molecular weight excluding hydrogens is 230 g/mol. The quantitative estimate of drug-likeness (QED) is 0.779. The number of hydrogen-bond donors (Lipinski definition) is 2. The van der Waals surface area contributed by atoms with Crippen LogP contribution in [0.1, 0.15) is 37.0 Å². The lowest BCUT2D eigenvalue weighted by molar-refractivity contribution is 0.0914. The minimum absolute atomic E-state index is 0.0474. The van der Waals surface area contributed by atoms with Crippen molar-refractivity contribution in [1.82, 2.24) is 5.32 Å². The zero-order valence-corrected chi connectivity index (χ0v) is 11.0. The van der Waals surface area contributed by atoms with Crippen LogP contribution >= 0.6 is 0 Å². The first kappa shape index (κ1) is 14.5. The van der Waals surface area contributed by atoms with E-state index in [-0.39, 0.29) is 18.6 Å². The normalized spacial score (nSPS) is 11.9. The van der Waals surface area contributed by atoms with Crippen LogP contribution in [0, 0.1) is 0 Å². The molecule has 0 bridgehead atoms. The Morgan fingerprint density at radius 2 is 2.22 bits per heavy atom. The molecule has 100 valence electrons. The van der Waals surface area contributed by atoms with Gasteiger partial charge in [-0.3, -0.25) is 4.79 Å². The number of aliphatic hydroxyl groups is 1. The van der Waals surface area contributed by atoms with Crippen LogP contribution in [0.15, 0.2) is 24.3 Å². The first-order valence-corrected chi connectivity index (χ1v) is 6.35. The van der Waals surface area contributed by atoms with Gasteiger partial charge in [0.1, 0.15) is 5.75 Å². The van der Waals surface area contributed by atoms with Crippen LogP contribution < -0.4 is 10.1 Å². The fraction of sp³-hybridized carbons (Fsp3) is 0.500. The molecule has 1 unspecified atom stereocenters. The summed E-state index contributed by atoms with van der Waals surface area (Å²) in [7, 11) is 0. The van der Waals surface area contributed by atoms with Crippen LogP contribution in [0.2, 0.25) is 0 Å². The molecule has 2 N–H and O–H groups in total. The summed E-state index contributed by atoms with van der Waals surface area (Å²) < 4.78 is 5.47. The number of nitrogens with one attached hydrogen (secondary N) is 1. The Labute approximate surface area is 108 Å². The molecule has 18 heavy (non-hydrogen) atoms. The average Bonchev–Trinajstić information content (AvgIpc) is 2.42. The van der Waals surface area contributed by atoms with Crippen molar-refractivity contribution in [2.45, 2.75) is 32.7 Å². The maximum atomic E-state index is 11.9. The standard InChI is InChI=1S/C14H21NO3/c1-3-8-18-13-7-5-6-11(9-13)14(17)15-12(4-2)10-16/h5-7,9,12,16H,3-4,8,10H2,1-2H3,(H,15,17). The second-order valence-electron chi connectivity index (χ2n) is 4.14. The third-order valence-electron chi connectivity index (χ3n) is 2.62. The fourth-order valence-corrected chi connectivity index (χ4v) is 1.49. The van der Waals surface area contributed by atoms with Gasteiger partial charge in [0.15, 0.2) is 0 Å². The minimum atomic E-state index is -0.197. The highest BCUT2D eigenvalue weighted by Crippen LogP contribution is 2.13. The highest BCUT2D eigenvalue weighted by Gasteiger charge is 2.11. The fourth-order valence-electron chi connectivity index (χ4n) is 1.49. The maximum absolute atomic E-state index is 11.9. The molecule has 1 rings (SSSR count). The lowest BCUT2D eigenvalue weighted by Crippen LogP contribution is -2.36. The summed E-state index contributed by atoms with van der Waals surface area (Å²) in [4.78, 5) is 11.9. The Balaban J connectivity index is 2.67. The van der Waals surface area contributed by atoms with E-state index in [4.69, 9.17) is 9.84 Å². The van der Waals surface area contributed by atoms with Crippen molar-refractivity contribution >= 4 is 5.91 Å². The van der Waals surface area contributed by atoms with Crippen LogP contribution in [-0.4, -0.2) is 30.3 Å². The van der Waals surface area contributed by atoms with E-state index in [0.717, 1.165) is 6.42 Å². The number of carbonyl (C=O) groups excluding carboxylic acids is 1. The molecule has 0 saturated carbocycles. The second kappa shape index (κ2) is 7.71. The highest BCUT2D eigenvalue weighted by molar-refractivity contribution is 5.94. The summed E-state index contributed by atoms with van der Waals surface area (Å²) in [5.74, 6) is 0.513. The predicted octanol–water partition coefficient (Wildman–Crippen LogP) is 1.98. The minimum Gasteiger partial charge on any atom is -0.494 e. The Hall–Kier alpha value is -1.55. The van der Waals surface area contributed by atoms with Crippen molar-refractivity contribution in [2.24, 2.45) is 0 Å². The van der Waals surface area contributed by atoms with E-state index in [1.807, 2.05) is 19.9 Å². The third kappa shape index (κ3) is 4.37. The molecule has 0 saturated heterocycles. The van der Waals surface area contributed by atoms with Gasteiger partial charge in [0.05, 0.1) is 19.3 Å². The molecule has 0 aliphatic rings. The number of carbonyl (C=O) groups is 1. The Bertz CT molecular complexity index is 375. The molecule has 0 radical (unpaired) electrons. The zero-order valence-electron chi connectivity index (χ0n) is 11.0. The van der Waals surface area contributed by atoms with E-state index in [0.29, 0.717) is 24.3 Å². The van der Waals surface area contributed by atoms with Gasteiger partial charge in [-0.05, 0) is 31.0 Å². The van der Waals surface area contributed by atoms with Crippen LogP contribution in [0.25, 0.3) is 0 Å². The Morgan fingerprint density at radius 3 is 2.83 bits per heavy atom. The molecule has 4 nitrogen and oxygen atoms in total. The van der Waals surface area contributed by atoms with Crippen molar-refractivity contribution in [3.63, 3.8) is 0 Å². The molecule has 1 amide bonds. The van der Waals surface area contributed by atoms with E-state index < -0.39 is 0 Å². The maximum Gasteiger partial charge on any atom is 0.251 e. The molecule has 1 aromatic rings. The Kier molecular flexibility index (Phi) is 6.22. The second-order valence-corrected chi connectivity index (χ2v) is 4.14. The monoisotopic (exact) mass is 251 g/mol. The van der Waals surface area contributed by atoms with Crippen molar-refractivity contribution in [3.8, 4) is 5.75 Å². The molecule has 0 heterocycles. The highest BCUT2D eigenvalue weighted by atomic mass is 16.5. The molecule has 0 aliphatic carbocycles. The molecule has 0 fully saturated rings. The molecule has 4 heteroatoms. The van der Waals surface area contributed by atoms with Gasteiger partial charge in [-0.15, -0.1) is 0 Å². The summed E-state index contributed by atoms with van der Waals surface area (Å²) in [6, 6.07) is 6.88. The molecular formula is C14H21NO3. The van der Waals surface area contributed by atoms with E-state index >= 15 is 0 Å². The van der Waals surface area contributed by atoms with Crippen LogP contribution in [-0.2, 0) is 0 Å². The lowest BCUT2D eigenvalue weighted by Gasteiger charge is -2.14. The molecule has 0 aliphatic heterocycles. The smallest absolute Gasteiger partial charge is 0.251 e. The van der Waals surface area contributed by atoms with E-state index in [1.54, 1.807) is 18.2 Å². The number of rotatable bonds is 7. The van der Waals surface area contributed by atoms with E-state index in [9.17, 15) is 4.79 Å². The van der Waals surface area contributed by atoms with Gasteiger partial charge in [-0.25, -0.2) is 0 Å². The summed E-state index contributed by atoms with van der Waals surface area (Å²) >= 11 is 0. The van der Waals surface area contributed by atoms with Crippen LogP contribution in [0.3, 0.4) is 0 Å². The number of benzene rings is 1. The van der Waals surface area contributed by atoms with Gasteiger partial charge in [0.25, 0.3) is 5.91 Å². The molecule has 0 spiro atoms. The first-order valence-electron chi connectivity index (χ1n) is 6.35. The largest absolute Gasteiger partial charge is 0.494 e.